The second-order valence-electron chi connectivity index (χ2n) is 4.38. The summed E-state index contributed by atoms with van der Waals surface area (Å²) in [5.74, 6) is 0.427. The molecule has 0 saturated carbocycles. The van der Waals surface area contributed by atoms with Crippen molar-refractivity contribution in [2.75, 3.05) is 37.0 Å². The maximum absolute atomic E-state index is 10.9. The van der Waals surface area contributed by atoms with Crippen molar-refractivity contribution in [1.82, 2.24) is 9.97 Å². The fourth-order valence-corrected chi connectivity index (χ4v) is 1.90. The van der Waals surface area contributed by atoms with Crippen LogP contribution in [0.2, 0.25) is 0 Å². The third-order valence-electron chi connectivity index (χ3n) is 2.89. The van der Waals surface area contributed by atoms with Gasteiger partial charge in [-0.3, -0.25) is 4.79 Å². The van der Waals surface area contributed by atoms with Crippen molar-refractivity contribution in [2.24, 2.45) is 5.92 Å². The number of aromatic nitrogens is 2. The standard InChI is InChI=1S/C11H16N4O2/c1-14(2)11-12-5-3-9(13-11)15-6-4-8(7-15)10(16)17/h3,5,8H,4,6-7H2,1-2H3,(H,16,17). The summed E-state index contributed by atoms with van der Waals surface area (Å²) < 4.78 is 0. The smallest absolute Gasteiger partial charge is 0.308 e. The van der Waals surface area contributed by atoms with Gasteiger partial charge >= 0.3 is 5.97 Å². The third-order valence-corrected chi connectivity index (χ3v) is 2.89. The third kappa shape index (κ3) is 2.46. The monoisotopic (exact) mass is 236 g/mol. The normalized spacial score (nSPS) is 19.4. The van der Waals surface area contributed by atoms with Gasteiger partial charge in [0.1, 0.15) is 5.82 Å². The predicted molar refractivity (Wildman–Crippen MR) is 64.3 cm³/mol. The van der Waals surface area contributed by atoms with Crippen molar-refractivity contribution in [1.29, 1.82) is 0 Å². The summed E-state index contributed by atoms with van der Waals surface area (Å²) in [4.78, 5) is 23.2. The van der Waals surface area contributed by atoms with Gasteiger partial charge in [-0.05, 0) is 12.5 Å². The van der Waals surface area contributed by atoms with Gasteiger partial charge < -0.3 is 14.9 Å². The van der Waals surface area contributed by atoms with Crippen LogP contribution < -0.4 is 9.80 Å². The minimum absolute atomic E-state index is 0.284. The van der Waals surface area contributed by atoms with E-state index in [9.17, 15) is 4.79 Å². The first-order valence-electron chi connectivity index (χ1n) is 5.56. The molecule has 1 N–H and O–H groups in total. The lowest BCUT2D eigenvalue weighted by Crippen LogP contribution is -2.24. The van der Waals surface area contributed by atoms with Crippen molar-refractivity contribution in [2.45, 2.75) is 6.42 Å². The van der Waals surface area contributed by atoms with Crippen LogP contribution in [0.4, 0.5) is 11.8 Å². The molecule has 1 aromatic heterocycles. The average molecular weight is 236 g/mol. The molecular weight excluding hydrogens is 220 g/mol. The van der Waals surface area contributed by atoms with E-state index in [0.29, 0.717) is 18.9 Å². The molecule has 2 heterocycles. The minimum atomic E-state index is -0.727. The Kier molecular flexibility index (Phi) is 3.12. The summed E-state index contributed by atoms with van der Waals surface area (Å²) >= 11 is 0. The molecule has 0 radical (unpaired) electrons. The first kappa shape index (κ1) is 11.6. The molecular formula is C11H16N4O2. The average Bonchev–Trinajstić information content (AvgIpc) is 2.78. The summed E-state index contributed by atoms with van der Waals surface area (Å²) in [5, 5.41) is 8.95. The van der Waals surface area contributed by atoms with E-state index in [2.05, 4.69) is 9.97 Å². The molecule has 2 rings (SSSR count). The van der Waals surface area contributed by atoms with Crippen molar-refractivity contribution >= 4 is 17.7 Å². The van der Waals surface area contributed by atoms with E-state index >= 15 is 0 Å². The Balaban J connectivity index is 2.13. The molecule has 17 heavy (non-hydrogen) atoms. The van der Waals surface area contributed by atoms with E-state index in [-0.39, 0.29) is 5.92 Å². The lowest BCUT2D eigenvalue weighted by Gasteiger charge is -2.18. The first-order valence-corrected chi connectivity index (χ1v) is 5.56. The molecule has 0 aromatic carbocycles. The Morgan fingerprint density at radius 1 is 1.59 bits per heavy atom. The predicted octanol–water partition coefficient (Wildman–Crippen LogP) is 0.453. The molecule has 0 amide bonds. The quantitative estimate of drug-likeness (QED) is 0.822. The van der Waals surface area contributed by atoms with Gasteiger partial charge in [-0.25, -0.2) is 4.98 Å². The van der Waals surface area contributed by atoms with Crippen LogP contribution in [0.3, 0.4) is 0 Å². The summed E-state index contributed by atoms with van der Waals surface area (Å²) in [6.45, 7) is 1.26. The highest BCUT2D eigenvalue weighted by Gasteiger charge is 2.28. The highest BCUT2D eigenvalue weighted by molar-refractivity contribution is 5.71. The number of carboxylic acids is 1. The van der Waals surface area contributed by atoms with Crippen LogP contribution >= 0.6 is 0 Å². The van der Waals surface area contributed by atoms with Crippen molar-refractivity contribution in [3.8, 4) is 0 Å². The van der Waals surface area contributed by atoms with Gasteiger partial charge in [0.25, 0.3) is 0 Å². The van der Waals surface area contributed by atoms with Crippen molar-refractivity contribution in [3.63, 3.8) is 0 Å². The van der Waals surface area contributed by atoms with E-state index in [0.717, 1.165) is 12.4 Å². The van der Waals surface area contributed by atoms with Crippen LogP contribution in [0.5, 0.6) is 0 Å². The molecule has 1 aliphatic rings. The van der Waals surface area contributed by atoms with Crippen LogP contribution in [0.15, 0.2) is 12.3 Å². The first-order chi connectivity index (χ1) is 8.08. The number of aliphatic carboxylic acids is 1. The Hall–Kier alpha value is -1.85. The summed E-state index contributed by atoms with van der Waals surface area (Å²) in [6.07, 6.45) is 2.38. The van der Waals surface area contributed by atoms with E-state index in [1.165, 1.54) is 0 Å². The van der Waals surface area contributed by atoms with E-state index in [1.54, 1.807) is 6.20 Å². The van der Waals surface area contributed by atoms with Crippen LogP contribution in [0.1, 0.15) is 6.42 Å². The Bertz CT molecular complexity index is 422. The zero-order valence-corrected chi connectivity index (χ0v) is 10.00. The Morgan fingerprint density at radius 3 is 2.94 bits per heavy atom. The number of nitrogens with zero attached hydrogens (tertiary/aromatic N) is 4. The van der Waals surface area contributed by atoms with E-state index in [1.807, 2.05) is 30.0 Å². The molecule has 1 aromatic rings. The van der Waals surface area contributed by atoms with Gasteiger partial charge in [-0.2, -0.15) is 4.98 Å². The van der Waals surface area contributed by atoms with Gasteiger partial charge in [0, 0.05) is 33.4 Å². The van der Waals surface area contributed by atoms with Gasteiger partial charge in [0.05, 0.1) is 5.92 Å². The number of anilines is 2. The maximum atomic E-state index is 10.9. The van der Waals surface area contributed by atoms with Crippen LogP contribution in [0.25, 0.3) is 0 Å². The Labute approximate surface area is 99.9 Å². The molecule has 1 saturated heterocycles. The molecule has 0 aliphatic carbocycles. The molecule has 1 unspecified atom stereocenters. The largest absolute Gasteiger partial charge is 0.481 e. The lowest BCUT2D eigenvalue weighted by molar-refractivity contribution is -0.140. The molecule has 1 aliphatic heterocycles. The minimum Gasteiger partial charge on any atom is -0.481 e. The molecule has 1 atom stereocenters. The summed E-state index contributed by atoms with van der Waals surface area (Å²) in [6, 6.07) is 1.82. The second kappa shape index (κ2) is 4.57. The lowest BCUT2D eigenvalue weighted by atomic mass is 10.1. The fourth-order valence-electron chi connectivity index (χ4n) is 1.90. The highest BCUT2D eigenvalue weighted by atomic mass is 16.4. The SMILES string of the molecule is CN(C)c1nccc(N2CCC(C(=O)O)C2)n1. The number of hydrogen-bond acceptors (Lipinski definition) is 5. The van der Waals surface area contributed by atoms with Gasteiger partial charge in [0.15, 0.2) is 0 Å². The number of hydrogen-bond donors (Lipinski definition) is 1. The van der Waals surface area contributed by atoms with Crippen LogP contribution in [-0.4, -0.2) is 48.2 Å². The molecule has 1 fully saturated rings. The zero-order chi connectivity index (χ0) is 12.4. The van der Waals surface area contributed by atoms with Crippen LogP contribution in [-0.2, 0) is 4.79 Å². The molecule has 0 bridgehead atoms. The Morgan fingerprint density at radius 2 is 2.35 bits per heavy atom. The highest BCUT2D eigenvalue weighted by Crippen LogP contribution is 2.22. The van der Waals surface area contributed by atoms with Gasteiger partial charge in [0.2, 0.25) is 5.95 Å². The number of carboxylic acid groups (broad SMARTS) is 1. The van der Waals surface area contributed by atoms with E-state index in [4.69, 9.17) is 5.11 Å². The van der Waals surface area contributed by atoms with E-state index < -0.39 is 5.97 Å². The van der Waals surface area contributed by atoms with Gasteiger partial charge in [-0.1, -0.05) is 0 Å². The van der Waals surface area contributed by atoms with Crippen molar-refractivity contribution < 1.29 is 9.90 Å². The topological polar surface area (TPSA) is 69.6 Å². The molecule has 0 spiro atoms. The van der Waals surface area contributed by atoms with Crippen molar-refractivity contribution in [3.05, 3.63) is 12.3 Å². The molecule has 6 heteroatoms. The number of carbonyl (C=O) groups is 1. The second-order valence-corrected chi connectivity index (χ2v) is 4.38. The maximum Gasteiger partial charge on any atom is 0.308 e. The van der Waals surface area contributed by atoms with Gasteiger partial charge in [-0.15, -0.1) is 0 Å². The zero-order valence-electron chi connectivity index (χ0n) is 10.00. The molecule has 92 valence electrons. The summed E-state index contributed by atoms with van der Waals surface area (Å²) in [7, 11) is 3.76. The number of rotatable bonds is 3. The van der Waals surface area contributed by atoms with Crippen LogP contribution in [0, 0.1) is 5.92 Å². The fraction of sp³-hybridized carbons (Fsp3) is 0.545. The molecule has 6 nitrogen and oxygen atoms in total. The summed E-state index contributed by atoms with van der Waals surface area (Å²) in [5.41, 5.74) is 0.